The molecule has 1 aromatic rings. The van der Waals surface area contributed by atoms with Crippen LogP contribution < -0.4 is 15.8 Å². The molecule has 0 saturated carbocycles. The van der Waals surface area contributed by atoms with E-state index >= 15 is 0 Å². The molecule has 0 heterocycles. The molecule has 0 aliphatic rings. The van der Waals surface area contributed by atoms with Crippen molar-refractivity contribution in [1.29, 1.82) is 0 Å². The number of methoxy groups -OCH3 is 1. The van der Waals surface area contributed by atoms with Gasteiger partial charge in [0.1, 0.15) is 11.5 Å². The maximum absolute atomic E-state index is 11.7. The monoisotopic (exact) mass is 224 g/mol. The number of amides is 1. The average Bonchev–Trinajstić information content (AvgIpc) is 2.26. The second-order valence-electron chi connectivity index (χ2n) is 3.57. The van der Waals surface area contributed by atoms with Crippen LogP contribution in [0.4, 0.5) is 0 Å². The molecule has 4 N–H and O–H groups in total. The third-order valence-electron chi connectivity index (χ3n) is 2.03. The smallest absolute Gasteiger partial charge is 0.255 e. The highest BCUT2D eigenvalue weighted by Crippen LogP contribution is 2.22. The van der Waals surface area contributed by atoms with Crippen LogP contribution in [0.5, 0.6) is 11.5 Å². The first-order chi connectivity index (χ1) is 7.54. The number of carbonyl (C=O) groups is 1. The van der Waals surface area contributed by atoms with Gasteiger partial charge in [-0.1, -0.05) is 0 Å². The zero-order valence-corrected chi connectivity index (χ0v) is 9.36. The number of ether oxygens (including phenoxy) is 1. The van der Waals surface area contributed by atoms with Gasteiger partial charge in [-0.15, -0.1) is 0 Å². The molecule has 0 bridgehead atoms. The summed E-state index contributed by atoms with van der Waals surface area (Å²) in [4.78, 5) is 11.7. The van der Waals surface area contributed by atoms with E-state index in [2.05, 4.69) is 5.32 Å². The number of hydrogen-bond acceptors (Lipinski definition) is 4. The minimum Gasteiger partial charge on any atom is -0.507 e. The third kappa shape index (κ3) is 3.13. The van der Waals surface area contributed by atoms with Crippen LogP contribution >= 0.6 is 0 Å². The zero-order valence-electron chi connectivity index (χ0n) is 9.36. The van der Waals surface area contributed by atoms with Crippen LogP contribution in [0.1, 0.15) is 17.3 Å². The molecule has 0 radical (unpaired) electrons. The maximum atomic E-state index is 11.7. The summed E-state index contributed by atoms with van der Waals surface area (Å²) in [6.07, 6.45) is 0. The van der Waals surface area contributed by atoms with Crippen molar-refractivity contribution in [3.63, 3.8) is 0 Å². The second kappa shape index (κ2) is 5.37. The van der Waals surface area contributed by atoms with Gasteiger partial charge >= 0.3 is 0 Å². The molecule has 0 spiro atoms. The number of benzene rings is 1. The first-order valence-electron chi connectivity index (χ1n) is 4.95. The largest absolute Gasteiger partial charge is 0.507 e. The van der Waals surface area contributed by atoms with Crippen molar-refractivity contribution < 1.29 is 14.6 Å². The molecular weight excluding hydrogens is 208 g/mol. The fourth-order valence-corrected chi connectivity index (χ4v) is 1.17. The highest BCUT2D eigenvalue weighted by Gasteiger charge is 2.12. The van der Waals surface area contributed by atoms with Gasteiger partial charge in [-0.3, -0.25) is 4.79 Å². The predicted molar refractivity (Wildman–Crippen MR) is 60.6 cm³/mol. The van der Waals surface area contributed by atoms with Crippen molar-refractivity contribution in [3.8, 4) is 11.5 Å². The number of nitrogens with one attached hydrogen (secondary N) is 1. The number of nitrogens with two attached hydrogens (primary N) is 1. The molecule has 0 fully saturated rings. The first-order valence-corrected chi connectivity index (χ1v) is 4.95. The van der Waals surface area contributed by atoms with Crippen LogP contribution in [-0.4, -0.2) is 30.7 Å². The molecule has 0 saturated heterocycles. The molecule has 88 valence electrons. The van der Waals surface area contributed by atoms with E-state index in [9.17, 15) is 9.90 Å². The number of rotatable bonds is 4. The van der Waals surface area contributed by atoms with Crippen molar-refractivity contribution >= 4 is 5.91 Å². The van der Waals surface area contributed by atoms with E-state index in [-0.39, 0.29) is 23.3 Å². The van der Waals surface area contributed by atoms with Gasteiger partial charge in [0.15, 0.2) is 0 Å². The Bertz CT molecular complexity index is 377. The normalized spacial score (nSPS) is 11.9. The quantitative estimate of drug-likeness (QED) is 0.694. The van der Waals surface area contributed by atoms with E-state index in [1.165, 1.54) is 19.2 Å². The van der Waals surface area contributed by atoms with Gasteiger partial charge in [-0.2, -0.15) is 0 Å². The Morgan fingerprint density at radius 1 is 1.62 bits per heavy atom. The van der Waals surface area contributed by atoms with Gasteiger partial charge in [0.2, 0.25) is 0 Å². The molecular formula is C11H16N2O3. The van der Waals surface area contributed by atoms with Gasteiger partial charge in [0.05, 0.1) is 12.7 Å². The minimum absolute atomic E-state index is 0.0806. The lowest BCUT2D eigenvalue weighted by atomic mass is 10.1. The van der Waals surface area contributed by atoms with Crippen LogP contribution in [0.15, 0.2) is 18.2 Å². The molecule has 5 nitrogen and oxygen atoms in total. The fourth-order valence-electron chi connectivity index (χ4n) is 1.17. The van der Waals surface area contributed by atoms with Crippen LogP contribution in [0.3, 0.4) is 0 Å². The standard InChI is InChI=1S/C11H16N2O3/c1-7(12)6-13-11(15)9-5-8(16-2)3-4-10(9)14/h3-5,7,14H,6,12H2,1-2H3,(H,13,15). The Kier molecular flexibility index (Phi) is 4.13. The number of hydrogen-bond donors (Lipinski definition) is 3. The van der Waals surface area contributed by atoms with E-state index in [0.717, 1.165) is 0 Å². The minimum atomic E-state index is -0.367. The molecule has 0 aromatic heterocycles. The Morgan fingerprint density at radius 3 is 2.88 bits per heavy atom. The first kappa shape index (κ1) is 12.3. The fraction of sp³-hybridized carbons (Fsp3) is 0.364. The van der Waals surface area contributed by atoms with E-state index in [1.807, 2.05) is 0 Å². The summed E-state index contributed by atoms with van der Waals surface area (Å²) in [7, 11) is 1.50. The van der Waals surface area contributed by atoms with Crippen molar-refractivity contribution in [1.82, 2.24) is 5.32 Å². The summed E-state index contributed by atoms with van der Waals surface area (Å²) < 4.78 is 4.97. The Morgan fingerprint density at radius 2 is 2.31 bits per heavy atom. The Labute approximate surface area is 94.2 Å². The van der Waals surface area contributed by atoms with Gasteiger partial charge in [-0.25, -0.2) is 0 Å². The van der Waals surface area contributed by atoms with Crippen LogP contribution in [-0.2, 0) is 0 Å². The number of aromatic hydroxyl groups is 1. The maximum Gasteiger partial charge on any atom is 0.255 e. The zero-order chi connectivity index (χ0) is 12.1. The highest BCUT2D eigenvalue weighted by atomic mass is 16.5. The van der Waals surface area contributed by atoms with Crippen molar-refractivity contribution in [2.45, 2.75) is 13.0 Å². The lowest BCUT2D eigenvalue weighted by Gasteiger charge is -2.09. The molecule has 16 heavy (non-hydrogen) atoms. The van der Waals surface area contributed by atoms with Gasteiger partial charge in [0, 0.05) is 12.6 Å². The molecule has 1 aromatic carbocycles. The van der Waals surface area contributed by atoms with Crippen LogP contribution in [0.25, 0.3) is 0 Å². The van der Waals surface area contributed by atoms with Crippen LogP contribution in [0, 0.1) is 0 Å². The molecule has 1 amide bonds. The summed E-state index contributed by atoms with van der Waals surface area (Å²) in [5, 5.41) is 12.1. The molecule has 0 aliphatic carbocycles. The van der Waals surface area contributed by atoms with E-state index in [4.69, 9.17) is 10.5 Å². The Hall–Kier alpha value is -1.75. The molecule has 1 rings (SSSR count). The average molecular weight is 224 g/mol. The molecule has 1 unspecified atom stereocenters. The van der Waals surface area contributed by atoms with E-state index in [0.29, 0.717) is 12.3 Å². The Balaban J connectivity index is 2.81. The van der Waals surface area contributed by atoms with E-state index in [1.54, 1.807) is 13.0 Å². The van der Waals surface area contributed by atoms with Crippen molar-refractivity contribution in [2.75, 3.05) is 13.7 Å². The highest BCUT2D eigenvalue weighted by molar-refractivity contribution is 5.97. The lowest BCUT2D eigenvalue weighted by molar-refractivity contribution is 0.0948. The molecule has 1 atom stereocenters. The summed E-state index contributed by atoms with van der Waals surface area (Å²) in [5.74, 6) is 0.0698. The lowest BCUT2D eigenvalue weighted by Crippen LogP contribution is -2.35. The van der Waals surface area contributed by atoms with Crippen LogP contribution in [0.2, 0.25) is 0 Å². The number of phenolic OH excluding ortho intramolecular Hbond substituents is 1. The number of phenols is 1. The number of carbonyl (C=O) groups excluding carboxylic acids is 1. The summed E-state index contributed by atoms with van der Waals surface area (Å²) in [5.41, 5.74) is 5.69. The van der Waals surface area contributed by atoms with E-state index < -0.39 is 0 Å². The van der Waals surface area contributed by atoms with Crippen molar-refractivity contribution in [3.05, 3.63) is 23.8 Å². The summed E-state index contributed by atoms with van der Waals surface area (Å²) >= 11 is 0. The second-order valence-corrected chi connectivity index (χ2v) is 3.57. The molecule has 0 aliphatic heterocycles. The molecule has 5 heteroatoms. The van der Waals surface area contributed by atoms with Gasteiger partial charge in [0.25, 0.3) is 5.91 Å². The SMILES string of the molecule is COc1ccc(O)c(C(=O)NCC(C)N)c1. The van der Waals surface area contributed by atoms with Crippen molar-refractivity contribution in [2.24, 2.45) is 5.73 Å². The third-order valence-corrected chi connectivity index (χ3v) is 2.03. The summed E-state index contributed by atoms with van der Waals surface area (Å²) in [6, 6.07) is 4.35. The topological polar surface area (TPSA) is 84.6 Å². The summed E-state index contributed by atoms with van der Waals surface area (Å²) in [6.45, 7) is 2.14. The predicted octanol–water partition coefficient (Wildman–Crippen LogP) is 0.478. The van der Waals surface area contributed by atoms with Gasteiger partial charge < -0.3 is 20.9 Å². The van der Waals surface area contributed by atoms with Gasteiger partial charge in [-0.05, 0) is 25.1 Å².